The molecular formula is C49H32N2O. The number of rotatable bonds is 4. The van der Waals surface area contributed by atoms with Gasteiger partial charge in [-0.2, -0.15) is 0 Å². The number of nitrogens with zero attached hydrogens (tertiary/aromatic N) is 2. The molecule has 3 heteroatoms. The molecule has 0 radical (unpaired) electrons. The monoisotopic (exact) mass is 664 g/mol. The maximum atomic E-state index is 6.85. The van der Waals surface area contributed by atoms with Gasteiger partial charge in [-0.3, -0.25) is 0 Å². The van der Waals surface area contributed by atoms with Gasteiger partial charge in [0.05, 0.1) is 22.1 Å². The molecule has 0 amide bonds. The fourth-order valence-electron chi connectivity index (χ4n) is 8.91. The zero-order valence-corrected chi connectivity index (χ0v) is 28.3. The van der Waals surface area contributed by atoms with Crippen LogP contribution in [0, 0.1) is 0 Å². The highest BCUT2D eigenvalue weighted by atomic mass is 16.5. The largest absolute Gasteiger partial charge is 0.457 e. The van der Waals surface area contributed by atoms with Crippen LogP contribution in [-0.2, 0) is 5.41 Å². The molecule has 1 unspecified atom stereocenters. The molecule has 8 aromatic carbocycles. The average molecular weight is 665 g/mol. The Morgan fingerprint density at radius 1 is 0.404 bits per heavy atom. The normalized spacial score (nSPS) is 15.2. The van der Waals surface area contributed by atoms with E-state index in [-0.39, 0.29) is 0 Å². The number of hydrogen-bond acceptors (Lipinski definition) is 2. The number of fused-ring (bicyclic) bond motifs is 11. The molecule has 3 nitrogen and oxygen atoms in total. The summed E-state index contributed by atoms with van der Waals surface area (Å²) in [7, 11) is 0. The van der Waals surface area contributed by atoms with Gasteiger partial charge < -0.3 is 14.2 Å². The molecule has 0 bridgehead atoms. The highest BCUT2D eigenvalue weighted by molar-refractivity contribution is 6.12. The van der Waals surface area contributed by atoms with E-state index in [1.807, 2.05) is 0 Å². The van der Waals surface area contributed by atoms with Gasteiger partial charge in [-0.05, 0) is 82.9 Å². The predicted octanol–water partition coefficient (Wildman–Crippen LogP) is 12.7. The van der Waals surface area contributed by atoms with Crippen LogP contribution >= 0.6 is 0 Å². The molecule has 2 aliphatic rings. The van der Waals surface area contributed by atoms with Crippen LogP contribution in [-0.4, -0.2) is 4.57 Å². The van der Waals surface area contributed by atoms with Crippen LogP contribution in [0.3, 0.4) is 0 Å². The fourth-order valence-corrected chi connectivity index (χ4v) is 8.91. The summed E-state index contributed by atoms with van der Waals surface area (Å²) in [5, 5.41) is 2.52. The second-order valence-electron chi connectivity index (χ2n) is 13.7. The molecule has 1 spiro atoms. The molecular weight excluding hydrogens is 633 g/mol. The second kappa shape index (κ2) is 11.1. The third-order valence-electron chi connectivity index (χ3n) is 11.0. The Morgan fingerprint density at radius 2 is 1.00 bits per heavy atom. The minimum atomic E-state index is -0.639. The van der Waals surface area contributed by atoms with E-state index in [2.05, 4.69) is 204 Å². The van der Waals surface area contributed by atoms with Crippen molar-refractivity contribution in [3.63, 3.8) is 0 Å². The van der Waals surface area contributed by atoms with Crippen LogP contribution in [0.4, 0.5) is 17.1 Å². The van der Waals surface area contributed by atoms with Crippen molar-refractivity contribution in [3.05, 3.63) is 216 Å². The summed E-state index contributed by atoms with van der Waals surface area (Å²) in [6, 6.07) is 70.0. The minimum Gasteiger partial charge on any atom is -0.457 e. The van der Waals surface area contributed by atoms with E-state index in [0.717, 1.165) is 39.7 Å². The van der Waals surface area contributed by atoms with Gasteiger partial charge in [0.15, 0.2) is 0 Å². The van der Waals surface area contributed by atoms with Crippen LogP contribution in [0.5, 0.6) is 11.5 Å². The first-order valence-corrected chi connectivity index (χ1v) is 17.9. The molecule has 1 atom stereocenters. The van der Waals surface area contributed by atoms with E-state index in [9.17, 15) is 0 Å². The Bertz CT molecular complexity index is 2820. The van der Waals surface area contributed by atoms with Crippen LogP contribution in [0.2, 0.25) is 0 Å². The number of ether oxygens (including phenoxy) is 1. The topological polar surface area (TPSA) is 17.4 Å². The summed E-state index contributed by atoms with van der Waals surface area (Å²) in [5.41, 5.74) is 13.4. The molecule has 11 rings (SSSR count). The number of benzene rings is 8. The van der Waals surface area contributed by atoms with E-state index < -0.39 is 5.41 Å². The lowest BCUT2D eigenvalue weighted by Crippen LogP contribution is -2.38. The molecule has 52 heavy (non-hydrogen) atoms. The Balaban J connectivity index is 1.21. The first kappa shape index (κ1) is 28.9. The van der Waals surface area contributed by atoms with Gasteiger partial charge in [0.1, 0.15) is 11.5 Å². The molecule has 0 saturated heterocycles. The summed E-state index contributed by atoms with van der Waals surface area (Å²) in [6.45, 7) is 0. The minimum absolute atomic E-state index is 0.639. The summed E-state index contributed by atoms with van der Waals surface area (Å²) in [5.74, 6) is 1.75. The Kier molecular flexibility index (Phi) is 6.17. The number of aromatic nitrogens is 1. The lowest BCUT2D eigenvalue weighted by atomic mass is 9.61. The van der Waals surface area contributed by atoms with Crippen molar-refractivity contribution < 1.29 is 4.74 Å². The maximum absolute atomic E-state index is 6.85. The summed E-state index contributed by atoms with van der Waals surface area (Å²) >= 11 is 0. The lowest BCUT2D eigenvalue weighted by Gasteiger charge is -2.45. The first-order valence-electron chi connectivity index (χ1n) is 17.9. The quantitative estimate of drug-likeness (QED) is 0.186. The van der Waals surface area contributed by atoms with Crippen molar-refractivity contribution in [1.82, 2.24) is 4.57 Å². The van der Waals surface area contributed by atoms with E-state index in [1.165, 1.54) is 49.7 Å². The standard InChI is InChI=1S/C49H32N2O/c1-3-14-33(15-4-1)34-26-28-36(29-27-34)50(35-16-5-2-6-17-35)37-30-31-47-43(32-37)49(41-21-9-12-25-46(41)52-47)40-20-8-11-24-45(40)51-44-23-10-7-18-38(44)39-19-13-22-42(49)48(39)51/h1-32H. The molecule has 0 saturated carbocycles. The number of anilines is 3. The molecule has 0 aliphatic carbocycles. The Hall–Kier alpha value is -6.84. The number of para-hydroxylation sites is 5. The van der Waals surface area contributed by atoms with Crippen molar-refractivity contribution in [2.45, 2.75) is 5.41 Å². The van der Waals surface area contributed by atoms with Crippen molar-refractivity contribution in [2.24, 2.45) is 0 Å². The molecule has 244 valence electrons. The summed E-state index contributed by atoms with van der Waals surface area (Å²) in [4.78, 5) is 2.36. The van der Waals surface area contributed by atoms with Gasteiger partial charge in [0.2, 0.25) is 0 Å². The number of hydrogen-bond donors (Lipinski definition) is 0. The first-order chi connectivity index (χ1) is 25.8. The molecule has 9 aromatic rings. The Labute approximate surface area is 302 Å². The lowest BCUT2D eigenvalue weighted by molar-refractivity contribution is 0.434. The summed E-state index contributed by atoms with van der Waals surface area (Å²) in [6.07, 6.45) is 0. The van der Waals surface area contributed by atoms with Crippen LogP contribution in [0.25, 0.3) is 38.6 Å². The van der Waals surface area contributed by atoms with Crippen LogP contribution in [0.1, 0.15) is 22.3 Å². The van der Waals surface area contributed by atoms with E-state index in [1.54, 1.807) is 0 Å². The molecule has 1 aromatic heterocycles. The third-order valence-corrected chi connectivity index (χ3v) is 11.0. The SMILES string of the molecule is c1ccc(-c2ccc(N(c3ccccc3)c3ccc4c(c3)C3(c5ccccc5O4)c4ccccc4-n4c5ccccc5c5cccc3c54)cc2)cc1. The van der Waals surface area contributed by atoms with Crippen molar-refractivity contribution in [2.75, 3.05) is 4.90 Å². The second-order valence-corrected chi connectivity index (χ2v) is 13.7. The van der Waals surface area contributed by atoms with Crippen molar-refractivity contribution in [1.29, 1.82) is 0 Å². The van der Waals surface area contributed by atoms with Gasteiger partial charge in [0.25, 0.3) is 0 Å². The van der Waals surface area contributed by atoms with E-state index in [4.69, 9.17) is 4.74 Å². The van der Waals surface area contributed by atoms with Crippen molar-refractivity contribution in [3.8, 4) is 28.3 Å². The highest BCUT2D eigenvalue weighted by Gasteiger charge is 2.50. The van der Waals surface area contributed by atoms with E-state index >= 15 is 0 Å². The van der Waals surface area contributed by atoms with Gasteiger partial charge in [-0.15, -0.1) is 0 Å². The van der Waals surface area contributed by atoms with Gasteiger partial charge in [-0.1, -0.05) is 133 Å². The van der Waals surface area contributed by atoms with Crippen molar-refractivity contribution >= 4 is 38.9 Å². The molecule has 0 N–H and O–H groups in total. The smallest absolute Gasteiger partial charge is 0.132 e. The third kappa shape index (κ3) is 3.96. The molecule has 3 heterocycles. The van der Waals surface area contributed by atoms with Gasteiger partial charge in [-0.25, -0.2) is 0 Å². The van der Waals surface area contributed by atoms with Gasteiger partial charge in [0, 0.05) is 39.0 Å². The zero-order valence-electron chi connectivity index (χ0n) is 28.3. The zero-order chi connectivity index (χ0) is 34.2. The fraction of sp³-hybridized carbons (Fsp3) is 0.0204. The van der Waals surface area contributed by atoms with E-state index in [0.29, 0.717) is 0 Å². The molecule has 0 fully saturated rings. The van der Waals surface area contributed by atoms with Crippen LogP contribution in [0.15, 0.2) is 194 Å². The highest BCUT2D eigenvalue weighted by Crippen LogP contribution is 2.61. The predicted molar refractivity (Wildman–Crippen MR) is 213 cm³/mol. The van der Waals surface area contributed by atoms with Crippen LogP contribution < -0.4 is 9.64 Å². The van der Waals surface area contributed by atoms with Gasteiger partial charge >= 0.3 is 0 Å². The average Bonchev–Trinajstić information content (AvgIpc) is 3.56. The Morgan fingerprint density at radius 3 is 1.85 bits per heavy atom. The maximum Gasteiger partial charge on any atom is 0.132 e. The summed E-state index contributed by atoms with van der Waals surface area (Å²) < 4.78 is 9.33. The molecule has 2 aliphatic heterocycles.